The van der Waals surface area contributed by atoms with E-state index in [4.69, 9.17) is 14.8 Å². The zero-order valence-electron chi connectivity index (χ0n) is 17.9. The minimum Gasteiger partial charge on any atom is -0.492 e. The molecule has 3 aromatic heterocycles. The first-order valence-electron chi connectivity index (χ1n) is 10.6. The molecular formula is C22H28N6O3. The second kappa shape index (κ2) is 9.30. The number of nitrogens with one attached hydrogen (secondary N) is 1. The molecule has 0 atom stereocenters. The molecular weight excluding hydrogens is 396 g/mol. The molecule has 0 bridgehead atoms. The third-order valence-corrected chi connectivity index (χ3v) is 5.44. The maximum atomic E-state index is 12.8. The van der Waals surface area contributed by atoms with Crippen LogP contribution in [0.2, 0.25) is 0 Å². The van der Waals surface area contributed by atoms with Gasteiger partial charge in [-0.25, -0.2) is 9.97 Å². The van der Waals surface area contributed by atoms with Gasteiger partial charge in [0.05, 0.1) is 12.8 Å². The number of aromatic nitrogens is 4. The van der Waals surface area contributed by atoms with Gasteiger partial charge >= 0.3 is 0 Å². The van der Waals surface area contributed by atoms with Crippen molar-refractivity contribution >= 4 is 28.7 Å². The molecule has 9 nitrogen and oxygen atoms in total. The minimum atomic E-state index is -0.0298. The molecule has 9 heteroatoms. The normalized spacial score (nSPS) is 14.2. The molecule has 3 heterocycles. The molecule has 4 rings (SSSR count). The molecule has 1 fully saturated rings. The molecule has 1 aliphatic carbocycles. The Hall–Kier alpha value is -3.20. The summed E-state index contributed by atoms with van der Waals surface area (Å²) in [5.74, 6) is 1.63. The Labute approximate surface area is 181 Å². The quantitative estimate of drug-likeness (QED) is 0.535. The third kappa shape index (κ3) is 4.61. The lowest BCUT2D eigenvalue weighted by atomic mass is 10.2. The van der Waals surface area contributed by atoms with E-state index < -0.39 is 0 Å². The number of hydrogen-bond acceptors (Lipinski definition) is 7. The number of amides is 1. The molecule has 1 aliphatic rings. The van der Waals surface area contributed by atoms with Crippen LogP contribution in [0.1, 0.15) is 48.6 Å². The van der Waals surface area contributed by atoms with Gasteiger partial charge in [-0.1, -0.05) is 12.8 Å². The first kappa shape index (κ1) is 21.0. The second-order valence-electron chi connectivity index (χ2n) is 7.94. The number of carbonyl (C=O) groups is 1. The van der Waals surface area contributed by atoms with Crippen LogP contribution in [0.4, 0.5) is 11.8 Å². The van der Waals surface area contributed by atoms with Crippen LogP contribution in [0, 0.1) is 0 Å². The Bertz CT molecular complexity index is 1040. The fourth-order valence-corrected chi connectivity index (χ4v) is 3.90. The van der Waals surface area contributed by atoms with Crippen LogP contribution in [-0.2, 0) is 0 Å². The van der Waals surface area contributed by atoms with Gasteiger partial charge in [-0.15, -0.1) is 0 Å². The number of fused-ring (bicyclic) bond motifs is 1. The number of carbonyl (C=O) groups excluding carboxylic acids is 1. The standard InChI is InChI=1S/C22H28N6O3/c1-27(2)21(30)18-12-15-13-24-22(26-20(15)28(18)16-6-3-4-7-16)25-19-9-8-17(14-23-19)31-11-5-10-29/h8-9,12-14,16,29H,3-7,10-11H2,1-2H3,(H,23,24,25,26). The Kier molecular flexibility index (Phi) is 6.31. The summed E-state index contributed by atoms with van der Waals surface area (Å²) < 4.78 is 7.59. The number of ether oxygens (including phenoxy) is 1. The molecule has 0 aliphatic heterocycles. The first-order valence-corrected chi connectivity index (χ1v) is 10.6. The van der Waals surface area contributed by atoms with Crippen molar-refractivity contribution in [2.24, 2.45) is 0 Å². The summed E-state index contributed by atoms with van der Waals surface area (Å²) in [6.45, 7) is 0.536. The van der Waals surface area contributed by atoms with Crippen molar-refractivity contribution in [1.82, 2.24) is 24.4 Å². The van der Waals surface area contributed by atoms with Crippen molar-refractivity contribution in [2.75, 3.05) is 32.6 Å². The summed E-state index contributed by atoms with van der Waals surface area (Å²) in [5, 5.41) is 12.8. The predicted molar refractivity (Wildman–Crippen MR) is 118 cm³/mol. The van der Waals surface area contributed by atoms with Gasteiger partial charge < -0.3 is 24.6 Å². The van der Waals surface area contributed by atoms with Crippen molar-refractivity contribution in [1.29, 1.82) is 0 Å². The largest absolute Gasteiger partial charge is 0.492 e. The van der Waals surface area contributed by atoms with Gasteiger partial charge in [-0.2, -0.15) is 4.98 Å². The summed E-state index contributed by atoms with van der Waals surface area (Å²) in [5.41, 5.74) is 1.42. The number of pyridine rings is 1. The first-order chi connectivity index (χ1) is 15.1. The van der Waals surface area contributed by atoms with Gasteiger partial charge in [-0.3, -0.25) is 4.79 Å². The van der Waals surface area contributed by atoms with Crippen LogP contribution < -0.4 is 10.1 Å². The second-order valence-corrected chi connectivity index (χ2v) is 7.94. The number of aliphatic hydroxyl groups excluding tert-OH is 1. The smallest absolute Gasteiger partial charge is 0.270 e. The lowest BCUT2D eigenvalue weighted by molar-refractivity contribution is 0.0815. The highest BCUT2D eigenvalue weighted by atomic mass is 16.5. The Morgan fingerprint density at radius 2 is 2.06 bits per heavy atom. The Morgan fingerprint density at radius 1 is 1.26 bits per heavy atom. The van der Waals surface area contributed by atoms with Gasteiger partial charge in [0.2, 0.25) is 5.95 Å². The van der Waals surface area contributed by atoms with E-state index in [0.717, 1.165) is 36.7 Å². The minimum absolute atomic E-state index is 0.0298. The number of nitrogens with zero attached hydrogens (tertiary/aromatic N) is 5. The van der Waals surface area contributed by atoms with Crippen LogP contribution in [0.3, 0.4) is 0 Å². The average molecular weight is 425 g/mol. The van der Waals surface area contributed by atoms with E-state index in [0.29, 0.717) is 36.2 Å². The van der Waals surface area contributed by atoms with E-state index in [1.54, 1.807) is 43.5 Å². The summed E-state index contributed by atoms with van der Waals surface area (Å²) in [6, 6.07) is 5.75. The van der Waals surface area contributed by atoms with Crippen molar-refractivity contribution in [2.45, 2.75) is 38.1 Å². The fraction of sp³-hybridized carbons (Fsp3) is 0.455. The molecule has 1 amide bonds. The van der Waals surface area contributed by atoms with E-state index in [1.807, 2.05) is 6.07 Å². The summed E-state index contributed by atoms with van der Waals surface area (Å²) in [6.07, 6.45) is 8.35. The molecule has 164 valence electrons. The zero-order valence-corrected chi connectivity index (χ0v) is 17.9. The van der Waals surface area contributed by atoms with Crippen LogP contribution >= 0.6 is 0 Å². The summed E-state index contributed by atoms with van der Waals surface area (Å²) >= 11 is 0. The van der Waals surface area contributed by atoms with E-state index >= 15 is 0 Å². The van der Waals surface area contributed by atoms with Crippen LogP contribution in [-0.4, -0.2) is 62.7 Å². The number of anilines is 2. The maximum absolute atomic E-state index is 12.8. The summed E-state index contributed by atoms with van der Waals surface area (Å²) in [7, 11) is 3.53. The molecule has 0 saturated heterocycles. The van der Waals surface area contributed by atoms with Crippen LogP contribution in [0.15, 0.2) is 30.6 Å². The van der Waals surface area contributed by atoms with E-state index in [9.17, 15) is 4.79 Å². The highest BCUT2D eigenvalue weighted by Gasteiger charge is 2.26. The monoisotopic (exact) mass is 424 g/mol. The lowest BCUT2D eigenvalue weighted by Gasteiger charge is -2.19. The zero-order chi connectivity index (χ0) is 21.8. The van der Waals surface area contributed by atoms with Crippen molar-refractivity contribution in [3.05, 3.63) is 36.3 Å². The summed E-state index contributed by atoms with van der Waals surface area (Å²) in [4.78, 5) is 27.9. The Morgan fingerprint density at radius 3 is 2.74 bits per heavy atom. The van der Waals surface area contributed by atoms with E-state index in [1.165, 1.54) is 0 Å². The Balaban J connectivity index is 1.61. The third-order valence-electron chi connectivity index (χ3n) is 5.44. The van der Waals surface area contributed by atoms with Gasteiger partial charge in [0.15, 0.2) is 0 Å². The van der Waals surface area contributed by atoms with Crippen LogP contribution in [0.25, 0.3) is 11.0 Å². The SMILES string of the molecule is CN(C)C(=O)c1cc2cnc(Nc3ccc(OCCCO)cn3)nc2n1C1CCCC1. The molecule has 0 unspecified atom stereocenters. The number of rotatable bonds is 8. The van der Waals surface area contributed by atoms with Gasteiger partial charge in [-0.05, 0) is 31.0 Å². The number of hydrogen-bond donors (Lipinski definition) is 2. The van der Waals surface area contributed by atoms with E-state index in [-0.39, 0.29) is 18.6 Å². The van der Waals surface area contributed by atoms with Crippen molar-refractivity contribution in [3.63, 3.8) is 0 Å². The van der Waals surface area contributed by atoms with Crippen molar-refractivity contribution in [3.8, 4) is 5.75 Å². The molecule has 2 N–H and O–H groups in total. The molecule has 1 saturated carbocycles. The van der Waals surface area contributed by atoms with Crippen LogP contribution in [0.5, 0.6) is 5.75 Å². The maximum Gasteiger partial charge on any atom is 0.270 e. The average Bonchev–Trinajstić information content (AvgIpc) is 3.42. The molecule has 0 aromatic carbocycles. The van der Waals surface area contributed by atoms with Gasteiger partial charge in [0, 0.05) is 44.7 Å². The fourth-order valence-electron chi connectivity index (χ4n) is 3.90. The predicted octanol–water partition coefficient (Wildman–Crippen LogP) is 3.15. The highest BCUT2D eigenvalue weighted by molar-refractivity contribution is 5.97. The lowest BCUT2D eigenvalue weighted by Crippen LogP contribution is -2.25. The van der Waals surface area contributed by atoms with E-state index in [2.05, 4.69) is 19.9 Å². The topological polar surface area (TPSA) is 105 Å². The molecule has 3 aromatic rings. The number of aliphatic hydroxyl groups is 1. The van der Waals surface area contributed by atoms with Crippen molar-refractivity contribution < 1.29 is 14.6 Å². The van der Waals surface area contributed by atoms with Gasteiger partial charge in [0.1, 0.15) is 22.9 Å². The highest BCUT2D eigenvalue weighted by Crippen LogP contribution is 2.34. The molecule has 31 heavy (non-hydrogen) atoms. The molecule has 0 radical (unpaired) electrons. The van der Waals surface area contributed by atoms with Gasteiger partial charge in [0.25, 0.3) is 5.91 Å². The molecule has 0 spiro atoms.